The van der Waals surface area contributed by atoms with Crippen molar-refractivity contribution in [3.63, 3.8) is 0 Å². The molecule has 2 bridgehead atoms. The molecule has 1 aliphatic carbocycles. The molecule has 4 heterocycles. The van der Waals surface area contributed by atoms with Crippen molar-refractivity contribution in [3.05, 3.63) is 94.2 Å². The van der Waals surface area contributed by atoms with Crippen LogP contribution in [-0.2, 0) is 47.7 Å². The molecule has 20 heteroatoms. The van der Waals surface area contributed by atoms with Crippen molar-refractivity contribution < 1.29 is 87.8 Å². The molecule has 3 aromatic rings. The number of carbonyl (C=O) groups is 5. The molecule has 15 atom stereocenters. The van der Waals surface area contributed by atoms with Crippen LogP contribution >= 0.6 is 0 Å². The van der Waals surface area contributed by atoms with Crippen LogP contribution in [0, 0.1) is 35.5 Å². The molecule has 3 fully saturated rings. The summed E-state index contributed by atoms with van der Waals surface area (Å²) in [4.78, 5) is 83.9. The maximum atomic E-state index is 14.4. The Hall–Kier alpha value is -6.52. The van der Waals surface area contributed by atoms with Crippen molar-refractivity contribution in [1.82, 2.24) is 4.90 Å². The molecule has 472 valence electrons. The molecule has 0 radical (unpaired) electrons. The highest BCUT2D eigenvalue weighted by molar-refractivity contribution is 6.39. The molecule has 86 heavy (non-hydrogen) atoms. The van der Waals surface area contributed by atoms with E-state index >= 15 is 0 Å². The minimum atomic E-state index is -2.43. The fourth-order valence-electron chi connectivity index (χ4n) is 12.2. The minimum Gasteiger partial charge on any atom is -0.508 e. The van der Waals surface area contributed by atoms with Crippen molar-refractivity contribution in [3.8, 4) is 34.3 Å². The number of Topliss-reactive ketones (excluding diaryl/α,β-unsaturated/α-hetero) is 3. The van der Waals surface area contributed by atoms with Gasteiger partial charge in [-0.3, -0.25) is 24.0 Å². The second-order valence-electron chi connectivity index (χ2n) is 24.1. The minimum absolute atomic E-state index is 0.0193. The number of benzene rings is 2. The number of hydrogen-bond donors (Lipinski definition) is 7. The summed E-state index contributed by atoms with van der Waals surface area (Å²) in [6.45, 7) is 12.7. The van der Waals surface area contributed by atoms with E-state index in [2.05, 4.69) is 0 Å². The Morgan fingerprint density at radius 1 is 0.779 bits per heavy atom. The highest BCUT2D eigenvalue weighted by Crippen LogP contribution is 2.39. The number of ether oxygens (including phenoxy) is 5. The summed E-state index contributed by atoms with van der Waals surface area (Å²) in [6.07, 6.45) is 11.2. The predicted octanol–water partition coefficient (Wildman–Crippen LogP) is 8.46. The third-order valence-corrected chi connectivity index (χ3v) is 17.5. The Labute approximate surface area is 503 Å². The molecule has 1 saturated carbocycles. The third-order valence-electron chi connectivity index (χ3n) is 17.5. The standard InChI is InChI=1S/C51H79NO13.C15H10O6/c1-30-16-12-11-13-17-31(2)42(61-8)28-38-21-19-36(7)51(60,65-38)48(57)49(58)52-23-15-14-18-39(52)50(59)64-43(33(4)26-37-20-22-40(53)44(27-37)62-9)29-41(54)32(3)25-35(6)46(56)47(63-10)45(55)34(5)24-30;16-8-3-1-7(2-4-8)15-14(20)13(19)12-10(18)5-9(17)6-11(12)21-15/h11-13,16-17,25,30,32-34,36-40,42-44,46-47,53,56,60H,14-15,18-24,26-29H2,1-10H3;1-6,16-18,20H/b13-11?,16-12+,31-17?,35-25+;/t30-,32-,33-,34-,36-,37+,38+,39+,40-,42+,43+,44-,46-,47+,51-;/m1./s1. The average Bonchev–Trinajstić information content (AvgIpc) is 0.859. The lowest BCUT2D eigenvalue weighted by Crippen LogP contribution is -2.61. The number of allylic oxidation sites excluding steroid dienone is 6. The summed E-state index contributed by atoms with van der Waals surface area (Å²) in [6, 6.07) is 6.68. The molecule has 7 rings (SSSR count). The van der Waals surface area contributed by atoms with Crippen LogP contribution in [0.15, 0.2) is 93.2 Å². The Morgan fingerprint density at radius 3 is 2.16 bits per heavy atom. The van der Waals surface area contributed by atoms with Crippen LogP contribution in [0.1, 0.15) is 126 Å². The summed E-state index contributed by atoms with van der Waals surface area (Å²) in [7, 11) is 4.52. The van der Waals surface area contributed by atoms with Gasteiger partial charge >= 0.3 is 5.97 Å². The number of phenols is 3. The van der Waals surface area contributed by atoms with Crippen LogP contribution in [0.5, 0.6) is 23.0 Å². The Balaban J connectivity index is 0.000000467. The van der Waals surface area contributed by atoms with Gasteiger partial charge in [-0.1, -0.05) is 71.1 Å². The summed E-state index contributed by atoms with van der Waals surface area (Å²) >= 11 is 0. The summed E-state index contributed by atoms with van der Waals surface area (Å²) in [5, 5.41) is 72.0. The van der Waals surface area contributed by atoms with Gasteiger partial charge in [-0.2, -0.15) is 0 Å². The highest BCUT2D eigenvalue weighted by atomic mass is 16.6. The number of amides is 1. The van der Waals surface area contributed by atoms with Gasteiger partial charge in [0, 0.05) is 76.2 Å². The second-order valence-corrected chi connectivity index (χ2v) is 24.1. The molecule has 0 unspecified atom stereocenters. The Kier molecular flexibility index (Phi) is 24.6. The quantitative estimate of drug-likeness (QED) is 0.0662. The fourth-order valence-corrected chi connectivity index (χ4v) is 12.2. The number of methoxy groups -OCH3 is 3. The topological polar surface area (TPSA) is 307 Å². The maximum Gasteiger partial charge on any atom is 0.329 e. The molecule has 7 N–H and O–H groups in total. The molecule has 2 aromatic carbocycles. The number of cyclic esters (lactones) is 1. The van der Waals surface area contributed by atoms with E-state index in [4.69, 9.17) is 28.1 Å². The van der Waals surface area contributed by atoms with Crippen LogP contribution in [0.3, 0.4) is 0 Å². The van der Waals surface area contributed by atoms with Gasteiger partial charge in [0.1, 0.15) is 58.4 Å². The van der Waals surface area contributed by atoms with E-state index in [9.17, 15) is 64.5 Å². The van der Waals surface area contributed by atoms with Crippen molar-refractivity contribution in [2.24, 2.45) is 35.5 Å². The molecule has 0 spiro atoms. The van der Waals surface area contributed by atoms with Gasteiger partial charge in [0.2, 0.25) is 17.0 Å². The van der Waals surface area contributed by atoms with Crippen LogP contribution in [0.25, 0.3) is 22.3 Å². The van der Waals surface area contributed by atoms with E-state index in [1.807, 2.05) is 58.1 Å². The molecule has 1 amide bonds. The number of hydrogen-bond acceptors (Lipinski definition) is 19. The summed E-state index contributed by atoms with van der Waals surface area (Å²) < 4.78 is 34.8. The summed E-state index contributed by atoms with van der Waals surface area (Å²) in [5.41, 5.74) is 0.769. The molecule has 3 aliphatic heterocycles. The lowest BCUT2D eigenvalue weighted by molar-refractivity contribution is -0.265. The number of nitrogens with zero attached hydrogens (tertiary/aromatic N) is 1. The highest BCUT2D eigenvalue weighted by Gasteiger charge is 2.53. The van der Waals surface area contributed by atoms with Crippen LogP contribution in [0.2, 0.25) is 0 Å². The van der Waals surface area contributed by atoms with Gasteiger partial charge < -0.3 is 68.7 Å². The molecule has 2 saturated heterocycles. The van der Waals surface area contributed by atoms with Gasteiger partial charge in [0.05, 0.1) is 24.4 Å². The van der Waals surface area contributed by atoms with E-state index in [-0.39, 0.29) is 83.0 Å². The number of piperidine rings is 1. The number of aliphatic hydroxyl groups is 3. The zero-order valence-electron chi connectivity index (χ0n) is 51.2. The van der Waals surface area contributed by atoms with Crippen LogP contribution in [0.4, 0.5) is 0 Å². The van der Waals surface area contributed by atoms with E-state index < -0.39 is 101 Å². The monoisotopic (exact) mass is 1200 g/mol. The van der Waals surface area contributed by atoms with E-state index in [1.165, 1.54) is 42.3 Å². The largest absolute Gasteiger partial charge is 0.508 e. The zero-order chi connectivity index (χ0) is 63.3. The molecular weight excluding hydrogens is 1110 g/mol. The first-order valence-corrected chi connectivity index (χ1v) is 29.9. The molecule has 1 aromatic heterocycles. The number of aliphatic hydroxyl groups excluding tert-OH is 2. The Bertz CT molecular complexity index is 3030. The van der Waals surface area contributed by atoms with E-state index in [1.54, 1.807) is 41.1 Å². The fraction of sp³-hybridized carbons (Fsp3) is 0.576. The predicted molar refractivity (Wildman–Crippen MR) is 320 cm³/mol. The number of phenolic OH excluding ortho intramolecular Hbond substituents is 3. The number of esters is 1. The van der Waals surface area contributed by atoms with Crippen molar-refractivity contribution >= 4 is 40.2 Å². The Morgan fingerprint density at radius 2 is 1.49 bits per heavy atom. The van der Waals surface area contributed by atoms with Gasteiger partial charge in [-0.25, -0.2) is 4.79 Å². The SMILES string of the molecule is CO[C@H]1C[C@@H]2CC[C@@H](C)[C@@](O)(O2)C(=O)C(=O)N2CCCC[C@H]2C(=O)O[C@H]([C@H](C)C[C@@H]2CC[C@@H](O)[C@H](OC)C2)CC(=O)[C@H](C)/C=C(\C)[C@@H](O)[C@@H](OC)C(=O)[C@H](C)C[C@H](C)/C=C/C=CC=C1C.O=c1c(O)c(-c2ccc(O)cc2)oc2cc(O)cc(O)c12. The number of aromatic hydroxyl groups is 4. The first-order valence-electron chi connectivity index (χ1n) is 29.9. The number of carbonyl (C=O) groups excluding carboxylic acids is 5. The number of fused-ring (bicyclic) bond motifs is 4. The molecule has 4 aliphatic rings. The van der Waals surface area contributed by atoms with E-state index in [0.29, 0.717) is 68.9 Å². The number of ketones is 3. The maximum absolute atomic E-state index is 14.4. The van der Waals surface area contributed by atoms with Crippen molar-refractivity contribution in [2.75, 3.05) is 27.9 Å². The van der Waals surface area contributed by atoms with Crippen LogP contribution < -0.4 is 5.43 Å². The zero-order valence-corrected chi connectivity index (χ0v) is 51.2. The van der Waals surface area contributed by atoms with Gasteiger partial charge in [-0.05, 0) is 131 Å². The van der Waals surface area contributed by atoms with Gasteiger partial charge in [0.25, 0.3) is 11.7 Å². The van der Waals surface area contributed by atoms with Crippen molar-refractivity contribution in [2.45, 2.75) is 180 Å². The van der Waals surface area contributed by atoms with Crippen molar-refractivity contribution in [1.29, 1.82) is 0 Å². The molecular formula is C66H89NO19. The summed E-state index contributed by atoms with van der Waals surface area (Å²) in [5.74, 6) is -9.46. The molecule has 20 nitrogen and oxygen atoms in total. The average molecular weight is 1200 g/mol. The number of rotatable bonds is 7. The van der Waals surface area contributed by atoms with Gasteiger partial charge in [-0.15, -0.1) is 0 Å². The lowest BCUT2D eigenvalue weighted by atomic mass is 9.78. The van der Waals surface area contributed by atoms with E-state index in [0.717, 1.165) is 18.1 Å². The normalized spacial score (nSPS) is 32.2. The van der Waals surface area contributed by atoms with Gasteiger partial charge in [0.15, 0.2) is 11.5 Å². The first kappa shape index (κ1) is 68.6. The first-order chi connectivity index (χ1) is 40.7. The second kappa shape index (κ2) is 30.9. The lowest BCUT2D eigenvalue weighted by Gasteiger charge is -2.42. The third kappa shape index (κ3) is 17.0. The smallest absolute Gasteiger partial charge is 0.329 e. The van der Waals surface area contributed by atoms with Crippen LogP contribution in [-0.4, -0.2) is 152 Å².